The molecule has 0 saturated heterocycles. The van der Waals surface area contributed by atoms with Crippen LogP contribution in [-0.2, 0) is 4.74 Å². The van der Waals surface area contributed by atoms with Gasteiger partial charge < -0.3 is 19.9 Å². The van der Waals surface area contributed by atoms with Gasteiger partial charge in [-0.2, -0.15) is 0 Å². The number of pyridine rings is 1. The van der Waals surface area contributed by atoms with Crippen LogP contribution in [0.2, 0.25) is 0 Å². The molecule has 2 heterocycles. The van der Waals surface area contributed by atoms with Gasteiger partial charge in [-0.15, -0.1) is 0 Å². The molecule has 0 atom stereocenters. The number of nitrogens with zero attached hydrogens (tertiary/aromatic N) is 2. The van der Waals surface area contributed by atoms with E-state index in [1.165, 1.54) is 6.20 Å². The van der Waals surface area contributed by atoms with Gasteiger partial charge in [0.15, 0.2) is 5.82 Å². The Hall–Kier alpha value is -3.68. The summed E-state index contributed by atoms with van der Waals surface area (Å²) in [6, 6.07) is 11.7. The summed E-state index contributed by atoms with van der Waals surface area (Å²) in [7, 11) is 0. The molecule has 0 aliphatic heterocycles. The van der Waals surface area contributed by atoms with Crippen molar-refractivity contribution < 1.29 is 18.8 Å². The molecule has 0 aliphatic rings. The van der Waals surface area contributed by atoms with Crippen LogP contribution in [0.5, 0.6) is 0 Å². The van der Waals surface area contributed by atoms with Crippen LogP contribution in [-0.4, -0.2) is 28.6 Å². The van der Waals surface area contributed by atoms with Gasteiger partial charge in [0.25, 0.3) is 5.91 Å². The third-order valence-corrected chi connectivity index (χ3v) is 3.58. The molecule has 2 aromatic heterocycles. The van der Waals surface area contributed by atoms with E-state index >= 15 is 0 Å². The average Bonchev–Trinajstić information content (AvgIpc) is 3.07. The zero-order valence-corrected chi connectivity index (χ0v) is 14.9. The zero-order chi connectivity index (χ0) is 19.2. The molecule has 2 N–H and O–H groups in total. The van der Waals surface area contributed by atoms with Crippen LogP contribution in [0.3, 0.4) is 0 Å². The summed E-state index contributed by atoms with van der Waals surface area (Å²) in [5.74, 6) is 0.550. The van der Waals surface area contributed by atoms with Crippen molar-refractivity contribution in [2.75, 3.05) is 17.2 Å². The molecule has 3 rings (SSSR count). The van der Waals surface area contributed by atoms with Crippen LogP contribution >= 0.6 is 0 Å². The maximum atomic E-state index is 12.4. The molecule has 0 unspecified atom stereocenters. The first-order valence-corrected chi connectivity index (χ1v) is 8.30. The quantitative estimate of drug-likeness (QED) is 0.643. The second kappa shape index (κ2) is 8.13. The lowest BCUT2D eigenvalue weighted by Crippen LogP contribution is -2.13. The predicted octanol–water partition coefficient (Wildman–Crippen LogP) is 3.55. The van der Waals surface area contributed by atoms with Gasteiger partial charge in [0.1, 0.15) is 11.6 Å². The van der Waals surface area contributed by atoms with Crippen LogP contribution in [0, 0.1) is 6.92 Å². The number of nitrogens with one attached hydrogen (secondary N) is 2. The van der Waals surface area contributed by atoms with Crippen molar-refractivity contribution in [3.05, 3.63) is 65.5 Å². The molecular formula is C19H18N4O4. The number of hydrogen-bond donors (Lipinski definition) is 2. The Morgan fingerprint density at radius 3 is 2.70 bits per heavy atom. The summed E-state index contributed by atoms with van der Waals surface area (Å²) in [5.41, 5.74) is 1.30. The van der Waals surface area contributed by atoms with Crippen molar-refractivity contribution in [1.82, 2.24) is 10.1 Å². The number of para-hydroxylation sites is 1. The Kier molecular flexibility index (Phi) is 5.46. The Morgan fingerprint density at radius 1 is 1.15 bits per heavy atom. The lowest BCUT2D eigenvalue weighted by Gasteiger charge is -2.11. The summed E-state index contributed by atoms with van der Waals surface area (Å²) < 4.78 is 9.98. The number of rotatable bonds is 6. The number of benzene rings is 1. The van der Waals surface area contributed by atoms with Crippen molar-refractivity contribution >= 4 is 29.2 Å². The highest BCUT2D eigenvalue weighted by atomic mass is 16.5. The fraction of sp³-hybridized carbons (Fsp3) is 0.158. The number of anilines is 3. The second-order valence-electron chi connectivity index (χ2n) is 5.60. The number of ether oxygens (including phenoxy) is 1. The van der Waals surface area contributed by atoms with E-state index < -0.39 is 5.97 Å². The van der Waals surface area contributed by atoms with E-state index in [-0.39, 0.29) is 12.5 Å². The van der Waals surface area contributed by atoms with Gasteiger partial charge in [0.2, 0.25) is 0 Å². The number of hydrogen-bond acceptors (Lipinski definition) is 7. The monoisotopic (exact) mass is 366 g/mol. The summed E-state index contributed by atoms with van der Waals surface area (Å²) in [5, 5.41) is 9.42. The van der Waals surface area contributed by atoms with Gasteiger partial charge >= 0.3 is 5.97 Å². The largest absolute Gasteiger partial charge is 0.462 e. The Balaban J connectivity index is 1.78. The van der Waals surface area contributed by atoms with E-state index in [4.69, 9.17) is 9.26 Å². The number of carbonyl (C=O) groups is 2. The molecule has 0 aliphatic carbocycles. The molecule has 1 aromatic carbocycles. The minimum Gasteiger partial charge on any atom is -0.462 e. The van der Waals surface area contributed by atoms with E-state index in [0.29, 0.717) is 34.2 Å². The molecule has 8 heteroatoms. The van der Waals surface area contributed by atoms with E-state index in [0.717, 1.165) is 0 Å². The molecule has 0 radical (unpaired) electrons. The van der Waals surface area contributed by atoms with Gasteiger partial charge in [-0.3, -0.25) is 4.79 Å². The molecule has 0 saturated carbocycles. The highest BCUT2D eigenvalue weighted by Crippen LogP contribution is 2.21. The minimum absolute atomic E-state index is 0.280. The Bertz CT molecular complexity index is 968. The zero-order valence-electron chi connectivity index (χ0n) is 14.9. The number of carbonyl (C=O) groups excluding carboxylic acids is 2. The highest BCUT2D eigenvalue weighted by molar-refractivity contribution is 6.04. The van der Waals surface area contributed by atoms with E-state index in [1.807, 2.05) is 0 Å². The van der Waals surface area contributed by atoms with Crippen molar-refractivity contribution in [3.8, 4) is 0 Å². The number of esters is 1. The van der Waals surface area contributed by atoms with Gasteiger partial charge in [0.05, 0.1) is 17.9 Å². The predicted molar refractivity (Wildman–Crippen MR) is 99.1 cm³/mol. The van der Waals surface area contributed by atoms with Crippen molar-refractivity contribution in [1.29, 1.82) is 0 Å². The minimum atomic E-state index is -0.434. The van der Waals surface area contributed by atoms with Crippen molar-refractivity contribution in [2.24, 2.45) is 0 Å². The average molecular weight is 366 g/mol. The first kappa shape index (κ1) is 18.1. The van der Waals surface area contributed by atoms with Crippen LogP contribution in [0.4, 0.5) is 17.3 Å². The lowest BCUT2D eigenvalue weighted by atomic mass is 10.1. The number of aryl methyl sites for hydroxylation is 1. The van der Waals surface area contributed by atoms with Crippen LogP contribution in [0.1, 0.15) is 33.4 Å². The highest BCUT2D eigenvalue weighted by Gasteiger charge is 2.14. The third-order valence-electron chi connectivity index (χ3n) is 3.58. The molecule has 0 bridgehead atoms. The second-order valence-corrected chi connectivity index (χ2v) is 5.60. The molecule has 8 nitrogen and oxygen atoms in total. The smallest absolute Gasteiger partial charge is 0.340 e. The number of aromatic nitrogens is 2. The van der Waals surface area contributed by atoms with Crippen LogP contribution in [0.25, 0.3) is 0 Å². The van der Waals surface area contributed by atoms with Gasteiger partial charge in [-0.25, -0.2) is 9.78 Å². The van der Waals surface area contributed by atoms with Crippen molar-refractivity contribution in [3.63, 3.8) is 0 Å². The molecule has 3 aromatic rings. The fourth-order valence-corrected chi connectivity index (χ4v) is 2.37. The first-order chi connectivity index (χ1) is 13.1. The normalized spacial score (nSPS) is 10.3. The Morgan fingerprint density at radius 2 is 1.96 bits per heavy atom. The molecule has 0 fully saturated rings. The van der Waals surface area contributed by atoms with Crippen molar-refractivity contribution in [2.45, 2.75) is 13.8 Å². The summed E-state index contributed by atoms with van der Waals surface area (Å²) >= 11 is 0. The first-order valence-electron chi connectivity index (χ1n) is 8.30. The van der Waals surface area contributed by atoms with Gasteiger partial charge in [0, 0.05) is 17.8 Å². The summed E-state index contributed by atoms with van der Waals surface area (Å²) in [6.07, 6.45) is 1.50. The van der Waals surface area contributed by atoms with E-state index in [1.54, 1.807) is 56.3 Å². The standard InChI is InChI=1S/C19H18N4O4/c1-3-26-19(25)14-6-4-5-7-15(14)21-16-11-13(8-9-20-16)18(24)22-17-10-12(2)27-23-17/h4-11H,3H2,1-2H3,(H,20,21)(H,22,23,24). The Labute approximate surface area is 155 Å². The van der Waals surface area contributed by atoms with Gasteiger partial charge in [-0.05, 0) is 38.1 Å². The van der Waals surface area contributed by atoms with E-state index in [2.05, 4.69) is 20.8 Å². The number of amides is 1. The van der Waals surface area contributed by atoms with Crippen LogP contribution in [0.15, 0.2) is 53.2 Å². The van der Waals surface area contributed by atoms with E-state index in [9.17, 15) is 9.59 Å². The SMILES string of the molecule is CCOC(=O)c1ccccc1Nc1cc(C(=O)Nc2cc(C)on2)ccn1. The fourth-order valence-electron chi connectivity index (χ4n) is 2.37. The molecule has 27 heavy (non-hydrogen) atoms. The topological polar surface area (TPSA) is 106 Å². The summed E-state index contributed by atoms with van der Waals surface area (Å²) in [4.78, 5) is 28.6. The van der Waals surface area contributed by atoms with Crippen LogP contribution < -0.4 is 10.6 Å². The van der Waals surface area contributed by atoms with Gasteiger partial charge in [-0.1, -0.05) is 17.3 Å². The molecule has 1 amide bonds. The third kappa shape index (κ3) is 4.49. The molecule has 0 spiro atoms. The maximum Gasteiger partial charge on any atom is 0.340 e. The molecule has 138 valence electrons. The molecular weight excluding hydrogens is 348 g/mol. The maximum absolute atomic E-state index is 12.4. The summed E-state index contributed by atoms with van der Waals surface area (Å²) in [6.45, 7) is 3.76. The lowest BCUT2D eigenvalue weighted by molar-refractivity contribution is 0.0527.